The van der Waals surface area contributed by atoms with Gasteiger partial charge in [-0.05, 0) is 18.6 Å². The summed E-state index contributed by atoms with van der Waals surface area (Å²) < 4.78 is 0. The molecule has 3 nitrogen and oxygen atoms in total. The van der Waals surface area contributed by atoms with E-state index in [0.717, 1.165) is 18.7 Å². The quantitative estimate of drug-likeness (QED) is 0.763. The van der Waals surface area contributed by atoms with E-state index in [1.807, 2.05) is 11.2 Å². The van der Waals surface area contributed by atoms with Gasteiger partial charge in [-0.1, -0.05) is 6.92 Å². The van der Waals surface area contributed by atoms with Gasteiger partial charge in [0.1, 0.15) is 0 Å². The highest BCUT2D eigenvalue weighted by Gasteiger charge is 2.33. The molecule has 0 spiro atoms. The van der Waals surface area contributed by atoms with E-state index < -0.39 is 0 Å². The Balaban J connectivity index is 2.46. The lowest BCUT2D eigenvalue weighted by Gasteiger charge is -2.25. The molecule has 4 heteroatoms. The van der Waals surface area contributed by atoms with Crippen LogP contribution in [0.25, 0.3) is 0 Å². The third kappa shape index (κ3) is 2.64. The zero-order valence-corrected chi connectivity index (χ0v) is 9.72. The molecule has 0 aromatic rings. The van der Waals surface area contributed by atoms with Gasteiger partial charge in [-0.2, -0.15) is 11.8 Å². The van der Waals surface area contributed by atoms with Crippen molar-refractivity contribution in [2.45, 2.75) is 25.8 Å². The molecule has 0 aromatic heterocycles. The fourth-order valence-electron chi connectivity index (χ4n) is 1.93. The van der Waals surface area contributed by atoms with Gasteiger partial charge in [-0.15, -0.1) is 0 Å². The standard InChI is InChI=1S/C10H19NO2S/c1-8-3-5-11(9(8)7-12)10(13)4-6-14-2/h8-9,12H,3-7H2,1-2H3. The minimum atomic E-state index is 0.0596. The zero-order chi connectivity index (χ0) is 10.6. The molecule has 1 heterocycles. The van der Waals surface area contributed by atoms with E-state index in [2.05, 4.69) is 6.92 Å². The van der Waals surface area contributed by atoms with Crippen LogP contribution in [0, 0.1) is 5.92 Å². The Bertz CT molecular complexity index is 199. The summed E-state index contributed by atoms with van der Waals surface area (Å²) in [5, 5.41) is 9.18. The van der Waals surface area contributed by atoms with Crippen LogP contribution < -0.4 is 0 Å². The van der Waals surface area contributed by atoms with Gasteiger partial charge in [0.15, 0.2) is 0 Å². The van der Waals surface area contributed by atoms with Crippen molar-refractivity contribution in [1.29, 1.82) is 0 Å². The molecule has 1 amide bonds. The maximum atomic E-state index is 11.7. The maximum Gasteiger partial charge on any atom is 0.223 e. The first kappa shape index (κ1) is 11.9. The SMILES string of the molecule is CSCCC(=O)N1CCC(C)C1CO. The fraction of sp³-hybridized carbons (Fsp3) is 0.900. The Morgan fingerprint density at radius 2 is 2.36 bits per heavy atom. The van der Waals surface area contributed by atoms with Gasteiger partial charge >= 0.3 is 0 Å². The summed E-state index contributed by atoms with van der Waals surface area (Å²) in [7, 11) is 0. The lowest BCUT2D eigenvalue weighted by atomic mass is 10.0. The van der Waals surface area contributed by atoms with Gasteiger partial charge in [-0.3, -0.25) is 4.79 Å². The normalized spacial score (nSPS) is 26.9. The Hall–Kier alpha value is -0.220. The van der Waals surface area contributed by atoms with Crippen LogP contribution in [-0.4, -0.2) is 47.1 Å². The van der Waals surface area contributed by atoms with Crippen molar-refractivity contribution in [2.75, 3.05) is 25.2 Å². The number of nitrogens with zero attached hydrogens (tertiary/aromatic N) is 1. The highest BCUT2D eigenvalue weighted by Crippen LogP contribution is 2.24. The molecule has 1 saturated heterocycles. The number of aliphatic hydroxyl groups excluding tert-OH is 1. The highest BCUT2D eigenvalue weighted by atomic mass is 32.2. The first-order valence-corrected chi connectivity index (χ1v) is 6.49. The Kier molecular flexibility index (Phi) is 4.75. The molecule has 0 radical (unpaired) electrons. The summed E-state index contributed by atoms with van der Waals surface area (Å²) >= 11 is 1.69. The minimum absolute atomic E-state index is 0.0596. The van der Waals surface area contributed by atoms with Crippen molar-refractivity contribution in [3.8, 4) is 0 Å². The second-order valence-electron chi connectivity index (χ2n) is 3.85. The Labute approximate surface area is 89.9 Å². The molecule has 1 N–H and O–H groups in total. The molecule has 2 atom stereocenters. The summed E-state index contributed by atoms with van der Waals surface area (Å²) in [5.41, 5.74) is 0. The molecule has 82 valence electrons. The summed E-state index contributed by atoms with van der Waals surface area (Å²) in [6.07, 6.45) is 3.63. The van der Waals surface area contributed by atoms with Crippen molar-refractivity contribution >= 4 is 17.7 Å². The number of hydrogen-bond acceptors (Lipinski definition) is 3. The summed E-state index contributed by atoms with van der Waals surface area (Å²) in [4.78, 5) is 13.6. The van der Waals surface area contributed by atoms with E-state index in [4.69, 9.17) is 0 Å². The van der Waals surface area contributed by atoms with Gasteiger partial charge in [0.25, 0.3) is 0 Å². The number of aliphatic hydroxyl groups is 1. The van der Waals surface area contributed by atoms with Crippen LogP contribution in [0.5, 0.6) is 0 Å². The van der Waals surface area contributed by atoms with Crippen molar-refractivity contribution < 1.29 is 9.90 Å². The lowest BCUT2D eigenvalue weighted by molar-refractivity contribution is -0.132. The van der Waals surface area contributed by atoms with Crippen molar-refractivity contribution in [1.82, 2.24) is 4.90 Å². The number of carbonyl (C=O) groups excluding carboxylic acids is 1. The van der Waals surface area contributed by atoms with E-state index in [1.165, 1.54) is 0 Å². The van der Waals surface area contributed by atoms with Crippen LogP contribution in [0.1, 0.15) is 19.8 Å². The van der Waals surface area contributed by atoms with Gasteiger partial charge in [-0.25, -0.2) is 0 Å². The Morgan fingerprint density at radius 3 is 2.93 bits per heavy atom. The molecule has 1 aliphatic rings. The second kappa shape index (κ2) is 5.61. The molecule has 1 aliphatic heterocycles. The van der Waals surface area contributed by atoms with Crippen LogP contribution in [0.3, 0.4) is 0 Å². The molecule has 0 bridgehead atoms. The number of likely N-dealkylation sites (tertiary alicyclic amines) is 1. The third-order valence-corrected chi connectivity index (χ3v) is 3.52. The predicted molar refractivity (Wildman–Crippen MR) is 59.4 cm³/mol. The van der Waals surface area contributed by atoms with Gasteiger partial charge in [0.2, 0.25) is 5.91 Å². The highest BCUT2D eigenvalue weighted by molar-refractivity contribution is 7.98. The molecule has 2 unspecified atom stereocenters. The molecule has 1 fully saturated rings. The lowest BCUT2D eigenvalue weighted by Crippen LogP contribution is -2.39. The molecular weight excluding hydrogens is 198 g/mol. The van der Waals surface area contributed by atoms with Crippen LogP contribution in [-0.2, 0) is 4.79 Å². The third-order valence-electron chi connectivity index (χ3n) is 2.91. The average molecular weight is 217 g/mol. The van der Waals surface area contributed by atoms with Crippen LogP contribution in [0.15, 0.2) is 0 Å². The van der Waals surface area contributed by atoms with E-state index in [-0.39, 0.29) is 18.6 Å². The molecule has 14 heavy (non-hydrogen) atoms. The number of thioether (sulfide) groups is 1. The van der Waals surface area contributed by atoms with Crippen LogP contribution in [0.2, 0.25) is 0 Å². The topological polar surface area (TPSA) is 40.5 Å². The molecular formula is C10H19NO2S. The summed E-state index contributed by atoms with van der Waals surface area (Å²) in [5.74, 6) is 1.52. The van der Waals surface area contributed by atoms with Crippen LogP contribution >= 0.6 is 11.8 Å². The average Bonchev–Trinajstić information content (AvgIpc) is 2.55. The van der Waals surface area contributed by atoms with Gasteiger partial charge in [0.05, 0.1) is 12.6 Å². The van der Waals surface area contributed by atoms with Gasteiger partial charge < -0.3 is 10.0 Å². The number of amides is 1. The molecule has 1 rings (SSSR count). The molecule has 0 aliphatic carbocycles. The minimum Gasteiger partial charge on any atom is -0.394 e. The van der Waals surface area contributed by atoms with Crippen molar-refractivity contribution in [3.05, 3.63) is 0 Å². The first-order chi connectivity index (χ1) is 6.70. The van der Waals surface area contributed by atoms with E-state index in [9.17, 15) is 9.90 Å². The van der Waals surface area contributed by atoms with E-state index >= 15 is 0 Å². The summed E-state index contributed by atoms with van der Waals surface area (Å²) in [6, 6.07) is 0.0596. The van der Waals surface area contributed by atoms with Crippen LogP contribution in [0.4, 0.5) is 0 Å². The summed E-state index contributed by atoms with van der Waals surface area (Å²) in [6.45, 7) is 3.02. The largest absolute Gasteiger partial charge is 0.394 e. The van der Waals surface area contributed by atoms with E-state index in [0.29, 0.717) is 12.3 Å². The van der Waals surface area contributed by atoms with Crippen molar-refractivity contribution in [3.63, 3.8) is 0 Å². The predicted octanol–water partition coefficient (Wildman–Crippen LogP) is 0.969. The second-order valence-corrected chi connectivity index (χ2v) is 4.83. The number of rotatable bonds is 4. The smallest absolute Gasteiger partial charge is 0.223 e. The monoisotopic (exact) mass is 217 g/mol. The maximum absolute atomic E-state index is 11.7. The van der Waals surface area contributed by atoms with E-state index in [1.54, 1.807) is 11.8 Å². The van der Waals surface area contributed by atoms with Gasteiger partial charge in [0, 0.05) is 18.7 Å². The number of hydrogen-bond donors (Lipinski definition) is 1. The molecule has 0 aromatic carbocycles. The van der Waals surface area contributed by atoms with Crippen molar-refractivity contribution in [2.24, 2.45) is 5.92 Å². The first-order valence-electron chi connectivity index (χ1n) is 5.10. The fourth-order valence-corrected chi connectivity index (χ4v) is 2.31. The molecule has 0 saturated carbocycles. The Morgan fingerprint density at radius 1 is 1.64 bits per heavy atom. The number of carbonyl (C=O) groups is 1. The zero-order valence-electron chi connectivity index (χ0n) is 8.90.